The fourth-order valence-corrected chi connectivity index (χ4v) is 13.2. The van der Waals surface area contributed by atoms with Crippen LogP contribution in [0.1, 0.15) is 74.9 Å². The Morgan fingerprint density at radius 1 is 0.373 bits per heavy atom. The number of nitrogens with zero attached hydrogens (tertiary/aromatic N) is 9. The molecule has 6 aromatic carbocycles. The molecule has 12 aromatic rings. The van der Waals surface area contributed by atoms with Crippen LogP contribution in [-0.2, 0) is 43.1 Å². The van der Waals surface area contributed by atoms with Crippen LogP contribution in [0.15, 0.2) is 146 Å². The second-order valence-electron chi connectivity index (χ2n) is 19.9. The highest BCUT2D eigenvalue weighted by molar-refractivity contribution is 7.49. The molecule has 0 aliphatic rings. The van der Waals surface area contributed by atoms with Crippen LogP contribution >= 0.6 is 7.82 Å². The predicted octanol–water partition coefficient (Wildman–Crippen LogP) is 15.8. The first-order valence-corrected chi connectivity index (χ1v) is 29.0. The summed E-state index contributed by atoms with van der Waals surface area (Å²) in [6.07, 6.45) is 2.59. The molecule has 0 unspecified atom stereocenters. The first kappa shape index (κ1) is 53.6. The van der Waals surface area contributed by atoms with Gasteiger partial charge in [-0.1, -0.05) is 77.9 Å². The Hall–Kier alpha value is -10.0. The maximum Gasteiger partial charge on any atom is 0.650 e. The number of aromatic nitrogens is 6. The molecule has 0 amide bonds. The molecule has 0 N–H and O–H groups in total. The van der Waals surface area contributed by atoms with Gasteiger partial charge in [0.05, 0.1) is 81.5 Å². The van der Waals surface area contributed by atoms with E-state index in [-0.39, 0.29) is 34.7 Å². The molecule has 12 rings (SSSR count). The van der Waals surface area contributed by atoms with Crippen LogP contribution in [0.2, 0.25) is 0 Å². The second kappa shape index (κ2) is 21.1. The number of fused-ring (bicyclic) bond motifs is 9. The summed E-state index contributed by atoms with van der Waals surface area (Å²) in [7, 11) is -5.21. The van der Waals surface area contributed by atoms with Gasteiger partial charge >= 0.3 is 7.82 Å². The smallest absolute Gasteiger partial charge is 0.369 e. The van der Waals surface area contributed by atoms with Crippen molar-refractivity contribution in [1.82, 2.24) is 28.2 Å². The van der Waals surface area contributed by atoms with Crippen LogP contribution in [0.4, 0.5) is 17.1 Å². The van der Waals surface area contributed by atoms with Gasteiger partial charge in [-0.05, 0) is 128 Å². The molecule has 0 radical (unpaired) electrons. The van der Waals surface area contributed by atoms with Gasteiger partial charge < -0.3 is 13.6 Å². The molecule has 0 aliphatic heterocycles. The molecular weight excluding hydrogens is 1070 g/mol. The van der Waals surface area contributed by atoms with Crippen LogP contribution in [0.3, 0.4) is 0 Å². The molecular formula is C63H54N9O10P. The van der Waals surface area contributed by atoms with Gasteiger partial charge in [0.2, 0.25) is 17.6 Å². The second-order valence-corrected chi connectivity index (χ2v) is 21.4. The summed E-state index contributed by atoms with van der Waals surface area (Å²) in [6, 6.07) is 41.2. The monoisotopic (exact) mass is 1130 g/mol. The molecule has 0 saturated carbocycles. The third-order valence-corrected chi connectivity index (χ3v) is 16.7. The van der Waals surface area contributed by atoms with E-state index in [1.54, 1.807) is 36.4 Å². The zero-order valence-electron chi connectivity index (χ0n) is 46.2. The topological polar surface area (TPSA) is 226 Å². The molecule has 6 aromatic heterocycles. The van der Waals surface area contributed by atoms with Crippen LogP contribution in [0.5, 0.6) is 17.6 Å². The summed E-state index contributed by atoms with van der Waals surface area (Å²) in [5.74, 6) is 0.514. The molecule has 0 spiro atoms. The van der Waals surface area contributed by atoms with E-state index in [1.165, 1.54) is 36.4 Å². The van der Waals surface area contributed by atoms with Gasteiger partial charge in [0, 0.05) is 69.8 Å². The van der Waals surface area contributed by atoms with E-state index < -0.39 is 22.6 Å². The van der Waals surface area contributed by atoms with Crippen molar-refractivity contribution in [3.63, 3.8) is 0 Å². The lowest BCUT2D eigenvalue weighted by Gasteiger charge is -2.22. The van der Waals surface area contributed by atoms with Crippen molar-refractivity contribution < 1.29 is 32.9 Å². The van der Waals surface area contributed by atoms with E-state index in [0.29, 0.717) is 139 Å². The summed E-state index contributed by atoms with van der Waals surface area (Å²) in [5, 5.41) is 35.7. The van der Waals surface area contributed by atoms with Gasteiger partial charge in [0.15, 0.2) is 0 Å². The number of phosphoric acid groups is 1. The molecule has 0 atom stereocenters. The molecule has 0 aliphatic carbocycles. The predicted molar refractivity (Wildman–Crippen MR) is 320 cm³/mol. The van der Waals surface area contributed by atoms with E-state index in [0.717, 1.165) is 16.7 Å². The fraction of sp³-hybridized carbons (Fsp3) is 0.190. The SMILES string of the molecule is CCc1c(CC)c2c(-c3ccc([N+](=O)[O-])cc3)nc3ccccc3n2c1OP(=O)(Oc1c(CC)c(CC)c2c(-c3ccc([N+](=O)[O-])cc3)nc3ccccc3n12)Oc1c(CC)c(CC)c2c(-c3ccc([N+](=O)[O-])cc3)nc3ccccc3n12. The number of benzene rings is 6. The third kappa shape index (κ3) is 8.82. The molecule has 6 heterocycles. The highest BCUT2D eigenvalue weighted by Gasteiger charge is 2.42. The largest absolute Gasteiger partial charge is 0.650 e. The number of non-ortho nitro benzene ring substituents is 3. The molecule has 19 nitrogen and oxygen atoms in total. The van der Waals surface area contributed by atoms with Crippen molar-refractivity contribution in [3.8, 4) is 51.4 Å². The van der Waals surface area contributed by atoms with Crippen molar-refractivity contribution in [2.45, 2.75) is 80.1 Å². The Morgan fingerprint density at radius 3 is 0.843 bits per heavy atom. The van der Waals surface area contributed by atoms with Crippen LogP contribution in [0.25, 0.3) is 83.4 Å². The maximum atomic E-state index is 17.6. The highest BCUT2D eigenvalue weighted by Crippen LogP contribution is 2.56. The van der Waals surface area contributed by atoms with Gasteiger partial charge in [0.25, 0.3) is 17.1 Å². The highest BCUT2D eigenvalue weighted by atomic mass is 31.2. The summed E-state index contributed by atoms with van der Waals surface area (Å²) in [4.78, 5) is 50.0. The van der Waals surface area contributed by atoms with Gasteiger partial charge in [-0.2, -0.15) is 4.57 Å². The van der Waals surface area contributed by atoms with Crippen LogP contribution in [0, 0.1) is 30.3 Å². The van der Waals surface area contributed by atoms with Crippen molar-refractivity contribution in [2.24, 2.45) is 0 Å². The Morgan fingerprint density at radius 2 is 0.614 bits per heavy atom. The minimum atomic E-state index is -5.21. The third-order valence-electron chi connectivity index (χ3n) is 15.5. The summed E-state index contributed by atoms with van der Waals surface area (Å²) in [6.45, 7) is 12.0. The lowest BCUT2D eigenvalue weighted by Crippen LogP contribution is -2.13. The van der Waals surface area contributed by atoms with Crippen molar-refractivity contribution >= 4 is 74.5 Å². The normalized spacial score (nSPS) is 11.9. The molecule has 83 heavy (non-hydrogen) atoms. The van der Waals surface area contributed by atoms with Crippen molar-refractivity contribution in [2.75, 3.05) is 0 Å². The Labute approximate surface area is 474 Å². The number of nitro benzene ring substituents is 3. The number of aryl methyl sites for hydroxylation is 3. The van der Waals surface area contributed by atoms with E-state index in [9.17, 15) is 30.3 Å². The van der Waals surface area contributed by atoms with E-state index in [2.05, 4.69) is 0 Å². The van der Waals surface area contributed by atoms with Gasteiger partial charge in [-0.25, -0.2) is 15.0 Å². The van der Waals surface area contributed by atoms with Gasteiger partial charge in [-0.15, -0.1) is 0 Å². The average molecular weight is 1130 g/mol. The molecule has 0 fully saturated rings. The van der Waals surface area contributed by atoms with E-state index in [1.807, 2.05) is 128 Å². The number of rotatable bonds is 18. The molecule has 416 valence electrons. The van der Waals surface area contributed by atoms with E-state index in [4.69, 9.17) is 28.5 Å². The minimum Gasteiger partial charge on any atom is -0.369 e. The van der Waals surface area contributed by atoms with Crippen LogP contribution < -0.4 is 13.6 Å². The molecule has 0 saturated heterocycles. The fourth-order valence-electron chi connectivity index (χ4n) is 11.9. The van der Waals surface area contributed by atoms with Crippen molar-refractivity contribution in [1.29, 1.82) is 0 Å². The number of phosphoric ester groups is 1. The Bertz CT molecular complexity index is 4220. The number of hydrogen-bond acceptors (Lipinski definition) is 13. The number of nitro groups is 3. The Kier molecular flexibility index (Phi) is 13.7. The Balaban J connectivity index is 1.18. The lowest BCUT2D eigenvalue weighted by molar-refractivity contribution is -0.385. The quantitative estimate of drug-likeness (QED) is 0.0443. The summed E-state index contributed by atoms with van der Waals surface area (Å²) < 4.78 is 45.4. The standard InChI is InChI=1S/C63H54N9O10P/c1-7-43-46(10-4)61(67-52-22-16-13-19-49(52)64-55(58(43)67)37-25-31-40(32-26-37)70(73)74)80-83(79,81-62-47(11-5)44(8-2)59-56(38-27-33-41(34-28-38)71(75)76)65-50-20-14-17-23-53(50)68(59)62)82-63-48(12-6)45(9-3)60-57(39-29-35-42(36-30-39)72(77)78)66-51-21-15-18-24-54(51)69(60)63/h13-36H,7-12H2,1-6H3. The first-order chi connectivity index (χ1) is 40.2. The number of hydrogen-bond donors (Lipinski definition) is 0. The van der Waals surface area contributed by atoms with Crippen LogP contribution in [-0.4, -0.2) is 42.9 Å². The number of para-hydroxylation sites is 6. The average Bonchev–Trinajstić information content (AvgIpc) is 2.25. The molecule has 20 heteroatoms. The minimum absolute atomic E-state index is 0.0804. The van der Waals surface area contributed by atoms with Gasteiger partial charge in [-0.3, -0.25) is 43.5 Å². The lowest BCUT2D eigenvalue weighted by atomic mass is 10.0. The van der Waals surface area contributed by atoms with Crippen molar-refractivity contribution in [3.05, 3.63) is 209 Å². The zero-order chi connectivity index (χ0) is 58.0. The van der Waals surface area contributed by atoms with Gasteiger partial charge in [0.1, 0.15) is 0 Å². The van der Waals surface area contributed by atoms with E-state index >= 15 is 4.57 Å². The molecule has 0 bridgehead atoms. The summed E-state index contributed by atoms with van der Waals surface area (Å²) >= 11 is 0. The first-order valence-electron chi connectivity index (χ1n) is 27.5. The maximum absolute atomic E-state index is 17.6. The summed E-state index contributed by atoms with van der Waals surface area (Å²) in [5.41, 5.74) is 13.2. The zero-order valence-corrected chi connectivity index (χ0v) is 47.0.